The fourth-order valence-corrected chi connectivity index (χ4v) is 3.29. The van der Waals surface area contributed by atoms with Crippen molar-refractivity contribution >= 4 is 23.4 Å². The Kier molecular flexibility index (Phi) is 5.77. The van der Waals surface area contributed by atoms with Gasteiger partial charge in [0.1, 0.15) is 0 Å². The second-order valence-electron chi connectivity index (χ2n) is 5.49. The topological polar surface area (TPSA) is 32.3 Å². The first-order valence-corrected chi connectivity index (χ1v) is 8.69. The molecule has 1 aromatic rings. The number of anilines is 1. The Morgan fingerprint density at radius 3 is 2.90 bits per heavy atom. The summed E-state index contributed by atoms with van der Waals surface area (Å²) in [4.78, 5) is 14.5. The Bertz CT molecular complexity index is 424. The second-order valence-corrected chi connectivity index (χ2v) is 6.40. The van der Waals surface area contributed by atoms with Gasteiger partial charge < -0.3 is 10.2 Å². The number of carbonyl (C=O) groups is 1. The van der Waals surface area contributed by atoms with Crippen LogP contribution in [0.2, 0.25) is 0 Å². The molecule has 0 aliphatic carbocycles. The van der Waals surface area contributed by atoms with Gasteiger partial charge in [0.25, 0.3) is 0 Å². The van der Waals surface area contributed by atoms with Crippen LogP contribution in [0, 0.1) is 5.92 Å². The number of hydrogen-bond acceptors (Lipinski definition) is 3. The van der Waals surface area contributed by atoms with E-state index in [1.807, 2.05) is 19.2 Å². The summed E-state index contributed by atoms with van der Waals surface area (Å²) in [5, 5.41) is 3.21. The lowest BCUT2D eigenvalue weighted by Crippen LogP contribution is -2.49. The third-order valence-corrected chi connectivity index (χ3v) is 4.59. The van der Waals surface area contributed by atoms with Crippen molar-refractivity contribution in [2.45, 2.75) is 25.8 Å². The van der Waals surface area contributed by atoms with E-state index in [0.717, 1.165) is 31.7 Å². The largest absolute Gasteiger partial charge is 0.369 e. The number of nitrogens with one attached hydrogen (secondary N) is 1. The standard InChI is InChI=1S/C16H24N2OS/c1-13(12-20-2)16(19)17-14-7-6-10-18(11-14)15-8-4-3-5-9-15/h3-5,8-9,13-14H,6-7,10-12H2,1-2H3,(H,17,19)/t13-,14+/m0/s1. The van der Waals surface area contributed by atoms with Crippen molar-refractivity contribution in [3.63, 3.8) is 0 Å². The van der Waals surface area contributed by atoms with Gasteiger partial charge in [0.2, 0.25) is 5.91 Å². The first-order valence-electron chi connectivity index (χ1n) is 7.30. The molecule has 0 radical (unpaired) electrons. The lowest BCUT2D eigenvalue weighted by atomic mass is 10.0. The molecule has 1 amide bonds. The van der Waals surface area contributed by atoms with Gasteiger partial charge in [-0.15, -0.1) is 0 Å². The molecule has 1 heterocycles. The van der Waals surface area contributed by atoms with Crippen molar-refractivity contribution in [1.29, 1.82) is 0 Å². The van der Waals surface area contributed by atoms with Crippen LogP contribution in [0.25, 0.3) is 0 Å². The lowest BCUT2D eigenvalue weighted by molar-refractivity contribution is -0.124. The molecule has 0 spiro atoms. The van der Waals surface area contributed by atoms with Gasteiger partial charge in [-0.1, -0.05) is 25.1 Å². The maximum Gasteiger partial charge on any atom is 0.223 e. The van der Waals surface area contributed by atoms with E-state index in [0.29, 0.717) is 0 Å². The van der Waals surface area contributed by atoms with Crippen molar-refractivity contribution in [3.8, 4) is 0 Å². The third kappa shape index (κ3) is 4.17. The molecule has 2 rings (SSSR count). The number of amides is 1. The summed E-state index contributed by atoms with van der Waals surface area (Å²) in [5.74, 6) is 1.18. The minimum absolute atomic E-state index is 0.0945. The van der Waals surface area contributed by atoms with Crippen LogP contribution in [-0.4, -0.2) is 37.0 Å². The number of benzene rings is 1. The Balaban J connectivity index is 1.89. The maximum absolute atomic E-state index is 12.1. The van der Waals surface area contributed by atoms with Gasteiger partial charge in [-0.25, -0.2) is 0 Å². The van der Waals surface area contributed by atoms with Crippen molar-refractivity contribution < 1.29 is 4.79 Å². The highest BCUT2D eigenvalue weighted by molar-refractivity contribution is 7.98. The third-order valence-electron chi connectivity index (χ3n) is 3.75. The van der Waals surface area contributed by atoms with Gasteiger partial charge in [-0.05, 0) is 31.2 Å². The summed E-state index contributed by atoms with van der Waals surface area (Å²) in [7, 11) is 0. The van der Waals surface area contributed by atoms with Crippen LogP contribution < -0.4 is 10.2 Å². The summed E-state index contributed by atoms with van der Waals surface area (Å²) < 4.78 is 0. The van der Waals surface area contributed by atoms with Crippen molar-refractivity contribution in [2.24, 2.45) is 5.92 Å². The van der Waals surface area contributed by atoms with Gasteiger partial charge in [0.05, 0.1) is 0 Å². The van der Waals surface area contributed by atoms with E-state index in [2.05, 4.69) is 34.5 Å². The zero-order valence-corrected chi connectivity index (χ0v) is 13.2. The molecule has 0 unspecified atom stereocenters. The zero-order valence-electron chi connectivity index (χ0n) is 12.3. The monoisotopic (exact) mass is 292 g/mol. The highest BCUT2D eigenvalue weighted by atomic mass is 32.2. The average molecular weight is 292 g/mol. The summed E-state index contributed by atoms with van der Waals surface area (Å²) in [6, 6.07) is 10.7. The molecular weight excluding hydrogens is 268 g/mol. The van der Waals surface area contributed by atoms with E-state index in [9.17, 15) is 4.79 Å². The maximum atomic E-state index is 12.1. The summed E-state index contributed by atoms with van der Waals surface area (Å²) in [6.45, 7) is 4.00. The number of carbonyl (C=O) groups excluding carboxylic acids is 1. The number of hydrogen-bond donors (Lipinski definition) is 1. The Morgan fingerprint density at radius 1 is 1.45 bits per heavy atom. The Labute approximate surface area is 126 Å². The normalized spacial score (nSPS) is 20.5. The van der Waals surface area contributed by atoms with Crippen LogP contribution in [0.5, 0.6) is 0 Å². The second kappa shape index (κ2) is 7.58. The van der Waals surface area contributed by atoms with Crippen LogP contribution >= 0.6 is 11.8 Å². The smallest absolute Gasteiger partial charge is 0.223 e. The van der Waals surface area contributed by atoms with Crippen LogP contribution in [0.15, 0.2) is 30.3 Å². The zero-order chi connectivity index (χ0) is 14.4. The highest BCUT2D eigenvalue weighted by Crippen LogP contribution is 2.19. The van der Waals surface area contributed by atoms with Crippen molar-refractivity contribution in [3.05, 3.63) is 30.3 Å². The van der Waals surface area contributed by atoms with Crippen LogP contribution in [-0.2, 0) is 4.79 Å². The number of thioether (sulfide) groups is 1. The SMILES string of the molecule is CSC[C@H](C)C(=O)N[C@@H]1CCCN(c2ccccc2)C1. The van der Waals surface area contributed by atoms with Gasteiger partial charge in [-0.2, -0.15) is 11.8 Å². The molecule has 1 aromatic carbocycles. The molecule has 0 aromatic heterocycles. The summed E-state index contributed by atoms with van der Waals surface area (Å²) in [6.07, 6.45) is 4.26. The fraction of sp³-hybridized carbons (Fsp3) is 0.562. The van der Waals surface area contributed by atoms with E-state index < -0.39 is 0 Å². The first kappa shape index (κ1) is 15.2. The minimum Gasteiger partial charge on any atom is -0.369 e. The molecule has 4 heteroatoms. The number of nitrogens with zero attached hydrogens (tertiary/aromatic N) is 1. The molecule has 1 fully saturated rings. The van der Waals surface area contributed by atoms with E-state index in [4.69, 9.17) is 0 Å². The number of para-hydroxylation sites is 1. The molecule has 20 heavy (non-hydrogen) atoms. The molecule has 3 nitrogen and oxygen atoms in total. The molecular formula is C16H24N2OS. The molecule has 1 saturated heterocycles. The van der Waals surface area contributed by atoms with Crippen molar-refractivity contribution in [1.82, 2.24) is 5.32 Å². The molecule has 0 saturated carbocycles. The Hall–Kier alpha value is -1.16. The predicted octanol–water partition coefficient (Wildman–Crippen LogP) is 2.77. The molecule has 110 valence electrons. The van der Waals surface area contributed by atoms with E-state index in [1.54, 1.807) is 11.8 Å². The van der Waals surface area contributed by atoms with E-state index >= 15 is 0 Å². The van der Waals surface area contributed by atoms with Gasteiger partial charge in [-0.3, -0.25) is 4.79 Å². The fourth-order valence-electron chi connectivity index (χ4n) is 2.64. The first-order chi connectivity index (χ1) is 9.70. The quantitative estimate of drug-likeness (QED) is 0.906. The van der Waals surface area contributed by atoms with E-state index in [-0.39, 0.29) is 17.9 Å². The molecule has 1 aliphatic rings. The molecule has 2 atom stereocenters. The highest BCUT2D eigenvalue weighted by Gasteiger charge is 2.23. The number of piperidine rings is 1. The van der Waals surface area contributed by atoms with E-state index in [1.165, 1.54) is 5.69 Å². The average Bonchev–Trinajstić information content (AvgIpc) is 2.48. The summed E-state index contributed by atoms with van der Waals surface area (Å²) >= 11 is 1.73. The molecule has 0 bridgehead atoms. The van der Waals surface area contributed by atoms with Crippen molar-refractivity contribution in [2.75, 3.05) is 30.0 Å². The van der Waals surface area contributed by atoms with Crippen LogP contribution in [0.4, 0.5) is 5.69 Å². The van der Waals surface area contributed by atoms with Crippen LogP contribution in [0.3, 0.4) is 0 Å². The lowest BCUT2D eigenvalue weighted by Gasteiger charge is -2.35. The molecule has 1 aliphatic heterocycles. The molecule has 1 N–H and O–H groups in total. The number of rotatable bonds is 5. The minimum atomic E-state index is 0.0945. The van der Waals surface area contributed by atoms with Gasteiger partial charge in [0.15, 0.2) is 0 Å². The van der Waals surface area contributed by atoms with Crippen LogP contribution in [0.1, 0.15) is 19.8 Å². The summed E-state index contributed by atoms with van der Waals surface area (Å²) in [5.41, 5.74) is 1.25. The van der Waals surface area contributed by atoms with Gasteiger partial charge in [0, 0.05) is 36.5 Å². The van der Waals surface area contributed by atoms with Gasteiger partial charge >= 0.3 is 0 Å². The Morgan fingerprint density at radius 2 is 2.20 bits per heavy atom. The predicted molar refractivity (Wildman–Crippen MR) is 87.4 cm³/mol.